The summed E-state index contributed by atoms with van der Waals surface area (Å²) in [5, 5.41) is 0. The molecule has 0 spiro atoms. The van der Waals surface area contributed by atoms with Gasteiger partial charge in [0.1, 0.15) is 11.9 Å². The highest BCUT2D eigenvalue weighted by Gasteiger charge is 2.31. The van der Waals surface area contributed by atoms with Crippen LogP contribution in [0.4, 0.5) is 18.9 Å². The van der Waals surface area contributed by atoms with Gasteiger partial charge in [-0.2, -0.15) is 13.2 Å². The van der Waals surface area contributed by atoms with Crippen LogP contribution in [0.1, 0.15) is 24.2 Å². The molecule has 5 nitrogen and oxygen atoms in total. The minimum Gasteiger partial charge on any atom is -0.493 e. The zero-order valence-corrected chi connectivity index (χ0v) is 14.3. The molecule has 1 atom stereocenters. The molecule has 0 fully saturated rings. The van der Waals surface area contributed by atoms with Crippen molar-refractivity contribution in [3.05, 3.63) is 47.5 Å². The molecule has 0 bridgehead atoms. The van der Waals surface area contributed by atoms with Crippen LogP contribution in [0.5, 0.6) is 5.75 Å². The van der Waals surface area contributed by atoms with Crippen LogP contribution in [-0.2, 0) is 6.18 Å². The van der Waals surface area contributed by atoms with Crippen molar-refractivity contribution < 1.29 is 17.9 Å². The Labute approximate surface area is 149 Å². The Morgan fingerprint density at radius 1 is 1.19 bits per heavy atom. The highest BCUT2D eigenvalue weighted by atomic mass is 19.4. The molecule has 2 aromatic rings. The zero-order valence-electron chi connectivity index (χ0n) is 14.3. The standard InChI is InChI=1S/C18H19F3N4O/c1-3-26-15-9-11(18(19,20)21)5-7-12(15)10-4-6-13-14(8-10)24-17(23)25(2)16(13)22/h4-9,16H,3,22H2,1-2H3,(H2,23,24). The molecule has 1 heterocycles. The van der Waals surface area contributed by atoms with Crippen molar-refractivity contribution in [3.8, 4) is 16.9 Å². The Bertz CT molecular complexity index is 864. The predicted octanol–water partition coefficient (Wildman–Crippen LogP) is 3.62. The summed E-state index contributed by atoms with van der Waals surface area (Å²) in [6, 6.07) is 8.78. The lowest BCUT2D eigenvalue weighted by Gasteiger charge is -2.31. The number of nitrogens with zero attached hydrogens (tertiary/aromatic N) is 2. The van der Waals surface area contributed by atoms with E-state index >= 15 is 0 Å². The van der Waals surface area contributed by atoms with Crippen molar-refractivity contribution in [2.24, 2.45) is 16.5 Å². The molecule has 0 saturated carbocycles. The lowest BCUT2D eigenvalue weighted by Crippen LogP contribution is -2.42. The summed E-state index contributed by atoms with van der Waals surface area (Å²) in [6.45, 7) is 1.97. The fraction of sp³-hybridized carbons (Fsp3) is 0.278. The molecule has 3 rings (SSSR count). The number of halogens is 3. The van der Waals surface area contributed by atoms with Gasteiger partial charge in [-0.1, -0.05) is 18.2 Å². The van der Waals surface area contributed by atoms with Crippen molar-refractivity contribution in [3.63, 3.8) is 0 Å². The summed E-state index contributed by atoms with van der Waals surface area (Å²) >= 11 is 0. The van der Waals surface area contributed by atoms with E-state index < -0.39 is 17.9 Å². The van der Waals surface area contributed by atoms with Gasteiger partial charge in [-0.05, 0) is 30.7 Å². The molecule has 138 valence electrons. The molecular weight excluding hydrogens is 345 g/mol. The Balaban J connectivity index is 2.09. The second kappa shape index (κ2) is 6.53. The van der Waals surface area contributed by atoms with Gasteiger partial charge in [0.05, 0.1) is 17.9 Å². The number of guanidine groups is 1. The normalized spacial score (nSPS) is 16.9. The molecule has 2 aromatic carbocycles. The van der Waals surface area contributed by atoms with Gasteiger partial charge < -0.3 is 21.1 Å². The third-order valence-corrected chi connectivity index (χ3v) is 4.28. The molecule has 1 unspecified atom stereocenters. The number of ether oxygens (including phenoxy) is 1. The monoisotopic (exact) mass is 364 g/mol. The van der Waals surface area contributed by atoms with E-state index in [1.54, 1.807) is 37.1 Å². The molecular formula is C18H19F3N4O. The van der Waals surface area contributed by atoms with Crippen molar-refractivity contribution in [2.45, 2.75) is 19.3 Å². The van der Waals surface area contributed by atoms with Crippen LogP contribution in [0, 0.1) is 0 Å². The summed E-state index contributed by atoms with van der Waals surface area (Å²) in [6.07, 6.45) is -4.87. The van der Waals surface area contributed by atoms with E-state index in [-0.39, 0.29) is 18.3 Å². The van der Waals surface area contributed by atoms with Crippen molar-refractivity contribution in [1.29, 1.82) is 0 Å². The average molecular weight is 364 g/mol. The number of alkyl halides is 3. The largest absolute Gasteiger partial charge is 0.493 e. The number of nitrogens with two attached hydrogens (primary N) is 2. The van der Waals surface area contributed by atoms with Gasteiger partial charge in [-0.25, -0.2) is 4.99 Å². The van der Waals surface area contributed by atoms with Crippen molar-refractivity contribution >= 4 is 11.6 Å². The zero-order chi connectivity index (χ0) is 19.1. The molecule has 1 aliphatic heterocycles. The maximum absolute atomic E-state index is 13.0. The molecule has 0 aliphatic carbocycles. The van der Waals surface area contributed by atoms with Gasteiger partial charge in [-0.15, -0.1) is 0 Å². The Morgan fingerprint density at radius 3 is 2.58 bits per heavy atom. The summed E-state index contributed by atoms with van der Waals surface area (Å²) < 4.78 is 44.4. The van der Waals surface area contributed by atoms with Crippen LogP contribution in [0.15, 0.2) is 41.4 Å². The van der Waals surface area contributed by atoms with Crippen LogP contribution >= 0.6 is 0 Å². The van der Waals surface area contributed by atoms with Crippen molar-refractivity contribution in [2.75, 3.05) is 13.7 Å². The van der Waals surface area contributed by atoms with E-state index in [0.717, 1.165) is 17.7 Å². The predicted molar refractivity (Wildman–Crippen MR) is 94.0 cm³/mol. The number of fused-ring (bicyclic) bond motifs is 1. The van der Waals surface area contributed by atoms with Crippen LogP contribution in [-0.4, -0.2) is 24.5 Å². The summed E-state index contributed by atoms with van der Waals surface area (Å²) in [5.41, 5.74) is 13.8. The molecule has 4 N–H and O–H groups in total. The Kier molecular flexibility index (Phi) is 4.53. The first-order chi connectivity index (χ1) is 12.2. The lowest BCUT2D eigenvalue weighted by atomic mass is 9.98. The Morgan fingerprint density at radius 2 is 1.92 bits per heavy atom. The third kappa shape index (κ3) is 3.20. The quantitative estimate of drug-likeness (QED) is 0.872. The highest BCUT2D eigenvalue weighted by molar-refractivity contribution is 5.85. The first-order valence-electron chi connectivity index (χ1n) is 8.03. The highest BCUT2D eigenvalue weighted by Crippen LogP contribution is 2.40. The molecule has 0 saturated heterocycles. The Hall–Kier alpha value is -2.74. The van der Waals surface area contributed by atoms with Crippen molar-refractivity contribution in [1.82, 2.24) is 4.90 Å². The van der Waals surface area contributed by atoms with Crippen LogP contribution in [0.3, 0.4) is 0 Å². The van der Waals surface area contributed by atoms with Gasteiger partial charge in [0.25, 0.3) is 0 Å². The number of benzene rings is 2. The fourth-order valence-corrected chi connectivity index (χ4v) is 2.82. The van der Waals surface area contributed by atoms with E-state index in [1.165, 1.54) is 6.07 Å². The average Bonchev–Trinajstić information content (AvgIpc) is 2.59. The van der Waals surface area contributed by atoms with E-state index in [1.807, 2.05) is 0 Å². The van der Waals surface area contributed by atoms with Crippen LogP contribution < -0.4 is 16.2 Å². The van der Waals surface area contributed by atoms with Gasteiger partial charge in [-0.3, -0.25) is 0 Å². The summed E-state index contributed by atoms with van der Waals surface area (Å²) in [4.78, 5) is 5.96. The fourth-order valence-electron chi connectivity index (χ4n) is 2.82. The maximum atomic E-state index is 13.0. The SMILES string of the molecule is CCOc1cc(C(F)(F)F)ccc1-c1ccc2c(c1)N=C(N)N(C)C2N. The second-order valence-corrected chi connectivity index (χ2v) is 5.94. The lowest BCUT2D eigenvalue weighted by molar-refractivity contribution is -0.137. The molecule has 0 aromatic heterocycles. The minimum absolute atomic E-state index is 0.163. The second-order valence-electron chi connectivity index (χ2n) is 5.94. The third-order valence-electron chi connectivity index (χ3n) is 4.28. The van der Waals surface area contributed by atoms with E-state index in [2.05, 4.69) is 4.99 Å². The summed E-state index contributed by atoms with van der Waals surface area (Å²) in [7, 11) is 1.74. The number of aliphatic imine (C=N–C) groups is 1. The molecule has 8 heteroatoms. The summed E-state index contributed by atoms with van der Waals surface area (Å²) in [5.74, 6) is 0.441. The van der Waals surface area contributed by atoms with E-state index in [9.17, 15) is 13.2 Å². The van der Waals surface area contributed by atoms with Crippen LogP contribution in [0.2, 0.25) is 0 Å². The first kappa shape index (κ1) is 18.1. The van der Waals surface area contributed by atoms with Crippen LogP contribution in [0.25, 0.3) is 11.1 Å². The molecule has 0 amide bonds. The molecule has 0 radical (unpaired) electrons. The first-order valence-corrected chi connectivity index (χ1v) is 8.03. The molecule has 1 aliphatic rings. The number of hydrogen-bond acceptors (Lipinski definition) is 5. The maximum Gasteiger partial charge on any atom is 0.416 e. The molecule has 26 heavy (non-hydrogen) atoms. The number of rotatable bonds is 3. The van der Waals surface area contributed by atoms with Gasteiger partial charge in [0.15, 0.2) is 5.96 Å². The van der Waals surface area contributed by atoms with E-state index in [4.69, 9.17) is 16.2 Å². The van der Waals surface area contributed by atoms with E-state index in [0.29, 0.717) is 16.8 Å². The topological polar surface area (TPSA) is 76.9 Å². The minimum atomic E-state index is -4.43. The van der Waals surface area contributed by atoms with Gasteiger partial charge >= 0.3 is 6.18 Å². The van der Waals surface area contributed by atoms with Gasteiger partial charge in [0, 0.05) is 18.2 Å². The smallest absolute Gasteiger partial charge is 0.416 e. The van der Waals surface area contributed by atoms with Gasteiger partial charge in [0.2, 0.25) is 0 Å². The number of hydrogen-bond donors (Lipinski definition) is 2.